The minimum atomic E-state index is 0.821. The summed E-state index contributed by atoms with van der Waals surface area (Å²) < 4.78 is 0. The molecular formula is C24H21N. The number of para-hydroxylation sites is 1. The van der Waals surface area contributed by atoms with Gasteiger partial charge in [-0.15, -0.1) is 0 Å². The van der Waals surface area contributed by atoms with Crippen LogP contribution in [-0.4, -0.2) is 6.72 Å². The molecule has 0 aliphatic carbocycles. The van der Waals surface area contributed by atoms with Crippen LogP contribution >= 0.6 is 0 Å². The van der Waals surface area contributed by atoms with Gasteiger partial charge in [-0.25, -0.2) is 0 Å². The van der Waals surface area contributed by atoms with Crippen LogP contribution in [0.5, 0.6) is 0 Å². The standard InChI is InChI=1S/C24H21N/c1-17-11-5-6-12-20(17)23-15-8-7-13-21(23)18(2)19(3)22-14-9-10-16-24(22)25-4/h5-16H,2-4H2,1H3. The van der Waals surface area contributed by atoms with Gasteiger partial charge in [0, 0.05) is 5.56 Å². The van der Waals surface area contributed by atoms with Crippen molar-refractivity contribution in [2.45, 2.75) is 6.92 Å². The van der Waals surface area contributed by atoms with Gasteiger partial charge in [0.2, 0.25) is 0 Å². The van der Waals surface area contributed by atoms with Crippen molar-refractivity contribution in [2.75, 3.05) is 0 Å². The van der Waals surface area contributed by atoms with Crippen LogP contribution in [0.4, 0.5) is 5.69 Å². The van der Waals surface area contributed by atoms with Gasteiger partial charge in [0.25, 0.3) is 0 Å². The summed E-state index contributed by atoms with van der Waals surface area (Å²) in [4.78, 5) is 4.11. The molecule has 0 spiro atoms. The van der Waals surface area contributed by atoms with E-state index in [-0.39, 0.29) is 0 Å². The summed E-state index contributed by atoms with van der Waals surface area (Å²) >= 11 is 0. The van der Waals surface area contributed by atoms with Gasteiger partial charge >= 0.3 is 0 Å². The first kappa shape index (κ1) is 16.7. The van der Waals surface area contributed by atoms with E-state index >= 15 is 0 Å². The fourth-order valence-corrected chi connectivity index (χ4v) is 3.05. The number of hydrogen-bond donors (Lipinski definition) is 0. The van der Waals surface area contributed by atoms with E-state index in [0.29, 0.717) is 0 Å². The molecule has 0 fully saturated rings. The first-order valence-corrected chi connectivity index (χ1v) is 8.23. The highest BCUT2D eigenvalue weighted by Gasteiger charge is 2.14. The topological polar surface area (TPSA) is 12.4 Å². The molecule has 3 aromatic rings. The molecule has 3 aromatic carbocycles. The Hall–Kier alpha value is -3.19. The lowest BCUT2D eigenvalue weighted by molar-refractivity contribution is 1.45. The number of benzene rings is 3. The number of rotatable bonds is 5. The van der Waals surface area contributed by atoms with Crippen LogP contribution in [0, 0.1) is 6.92 Å². The van der Waals surface area contributed by atoms with Crippen molar-refractivity contribution in [2.24, 2.45) is 4.99 Å². The molecule has 0 aromatic heterocycles. The Morgan fingerprint density at radius 1 is 0.680 bits per heavy atom. The summed E-state index contributed by atoms with van der Waals surface area (Å²) in [7, 11) is 0. The Labute approximate surface area is 149 Å². The Balaban J connectivity index is 2.09. The molecule has 0 aliphatic rings. The molecule has 0 heterocycles. The maximum absolute atomic E-state index is 4.33. The van der Waals surface area contributed by atoms with Gasteiger partial charge in [0.1, 0.15) is 0 Å². The molecule has 0 unspecified atom stereocenters. The third-order valence-corrected chi connectivity index (χ3v) is 4.45. The Bertz CT molecular complexity index is 963. The van der Waals surface area contributed by atoms with E-state index in [4.69, 9.17) is 0 Å². The zero-order valence-electron chi connectivity index (χ0n) is 14.5. The smallest absolute Gasteiger partial charge is 0.0700 e. The Morgan fingerprint density at radius 2 is 1.20 bits per heavy atom. The number of aryl methyl sites for hydroxylation is 1. The lowest BCUT2D eigenvalue weighted by atomic mass is 9.88. The van der Waals surface area contributed by atoms with Crippen LogP contribution in [0.15, 0.2) is 90.9 Å². The Kier molecular flexibility index (Phi) is 4.76. The predicted molar refractivity (Wildman–Crippen MR) is 110 cm³/mol. The molecule has 0 saturated heterocycles. The van der Waals surface area contributed by atoms with Gasteiger partial charge in [0.15, 0.2) is 0 Å². The molecule has 122 valence electrons. The average Bonchev–Trinajstić information content (AvgIpc) is 2.67. The van der Waals surface area contributed by atoms with Crippen LogP contribution in [-0.2, 0) is 0 Å². The molecule has 25 heavy (non-hydrogen) atoms. The van der Waals surface area contributed by atoms with Crippen LogP contribution in [0.25, 0.3) is 22.3 Å². The van der Waals surface area contributed by atoms with E-state index in [1.807, 2.05) is 30.3 Å². The highest BCUT2D eigenvalue weighted by Crippen LogP contribution is 2.38. The molecule has 3 rings (SSSR count). The molecule has 0 N–H and O–H groups in total. The number of allylic oxidation sites excluding steroid dienone is 2. The average molecular weight is 323 g/mol. The minimum Gasteiger partial charge on any atom is -0.264 e. The number of aliphatic imine (C=N–C) groups is 1. The van der Waals surface area contributed by atoms with Crippen molar-refractivity contribution >= 4 is 23.6 Å². The lowest BCUT2D eigenvalue weighted by Crippen LogP contribution is -1.93. The maximum Gasteiger partial charge on any atom is 0.0700 e. The van der Waals surface area contributed by atoms with E-state index in [1.165, 1.54) is 11.1 Å². The molecular weight excluding hydrogens is 302 g/mol. The van der Waals surface area contributed by atoms with E-state index in [9.17, 15) is 0 Å². The highest BCUT2D eigenvalue weighted by atomic mass is 14.7. The predicted octanol–water partition coefficient (Wildman–Crippen LogP) is 6.72. The zero-order chi connectivity index (χ0) is 17.8. The normalized spacial score (nSPS) is 10.3. The molecule has 1 nitrogen and oxygen atoms in total. The van der Waals surface area contributed by atoms with Gasteiger partial charge in [-0.3, -0.25) is 4.99 Å². The van der Waals surface area contributed by atoms with E-state index < -0.39 is 0 Å². The van der Waals surface area contributed by atoms with Gasteiger partial charge in [-0.1, -0.05) is 79.9 Å². The van der Waals surface area contributed by atoms with Crippen LogP contribution in [0.2, 0.25) is 0 Å². The maximum atomic E-state index is 4.33. The quantitative estimate of drug-likeness (QED) is 0.365. The molecule has 0 atom stereocenters. The van der Waals surface area contributed by atoms with Gasteiger partial charge < -0.3 is 0 Å². The monoisotopic (exact) mass is 323 g/mol. The van der Waals surface area contributed by atoms with E-state index in [1.54, 1.807) is 0 Å². The fourth-order valence-electron chi connectivity index (χ4n) is 3.05. The molecule has 0 radical (unpaired) electrons. The van der Waals surface area contributed by atoms with Crippen molar-refractivity contribution in [3.63, 3.8) is 0 Å². The van der Waals surface area contributed by atoms with Crippen molar-refractivity contribution in [3.05, 3.63) is 103 Å². The third kappa shape index (κ3) is 3.22. The zero-order valence-corrected chi connectivity index (χ0v) is 14.5. The van der Waals surface area contributed by atoms with Crippen molar-refractivity contribution in [1.82, 2.24) is 0 Å². The number of hydrogen-bond acceptors (Lipinski definition) is 1. The summed E-state index contributed by atoms with van der Waals surface area (Å²) in [6.07, 6.45) is 0. The first-order valence-electron chi connectivity index (χ1n) is 8.23. The Morgan fingerprint density at radius 3 is 1.88 bits per heavy atom. The summed E-state index contributed by atoms with van der Waals surface area (Å²) in [6.45, 7) is 14.4. The third-order valence-electron chi connectivity index (χ3n) is 4.45. The highest BCUT2D eigenvalue weighted by molar-refractivity contribution is 6.07. The summed E-state index contributed by atoms with van der Waals surface area (Å²) in [5.41, 5.74) is 8.24. The summed E-state index contributed by atoms with van der Waals surface area (Å²) in [5, 5.41) is 0. The fraction of sp³-hybridized carbons (Fsp3) is 0.0417. The number of nitrogens with zero attached hydrogens (tertiary/aromatic N) is 1. The van der Waals surface area contributed by atoms with Gasteiger partial charge in [-0.05, 0) is 53.1 Å². The largest absolute Gasteiger partial charge is 0.264 e. The molecule has 0 bridgehead atoms. The first-order chi connectivity index (χ1) is 12.1. The van der Waals surface area contributed by atoms with Crippen LogP contribution < -0.4 is 0 Å². The second kappa shape index (κ2) is 7.14. The molecule has 1 heteroatoms. The minimum absolute atomic E-state index is 0.821. The van der Waals surface area contributed by atoms with E-state index in [0.717, 1.165) is 33.5 Å². The van der Waals surface area contributed by atoms with Gasteiger partial charge in [-0.2, -0.15) is 0 Å². The molecule has 0 amide bonds. The lowest BCUT2D eigenvalue weighted by Gasteiger charge is -2.17. The van der Waals surface area contributed by atoms with Crippen molar-refractivity contribution < 1.29 is 0 Å². The van der Waals surface area contributed by atoms with Gasteiger partial charge in [0.05, 0.1) is 5.69 Å². The summed E-state index contributed by atoms with van der Waals surface area (Å²) in [6, 6.07) is 24.6. The molecule has 0 aliphatic heterocycles. The SMILES string of the molecule is C=Nc1ccccc1C(=C)C(=C)c1ccccc1-c1ccccc1C. The van der Waals surface area contributed by atoms with Crippen molar-refractivity contribution in [3.8, 4) is 11.1 Å². The second-order valence-corrected chi connectivity index (χ2v) is 5.99. The van der Waals surface area contributed by atoms with Crippen LogP contribution in [0.3, 0.4) is 0 Å². The summed E-state index contributed by atoms with van der Waals surface area (Å²) in [5.74, 6) is 0. The van der Waals surface area contributed by atoms with Crippen molar-refractivity contribution in [1.29, 1.82) is 0 Å². The van der Waals surface area contributed by atoms with Crippen LogP contribution in [0.1, 0.15) is 16.7 Å². The van der Waals surface area contributed by atoms with E-state index in [2.05, 4.69) is 74.3 Å². The second-order valence-electron chi connectivity index (χ2n) is 5.99. The molecule has 0 saturated carbocycles.